The van der Waals surface area contributed by atoms with Crippen molar-refractivity contribution in [3.8, 4) is 0 Å². The van der Waals surface area contributed by atoms with Gasteiger partial charge in [0.05, 0.1) is 4.92 Å². The predicted octanol–water partition coefficient (Wildman–Crippen LogP) is 3.70. The molecule has 1 aliphatic carbocycles. The maximum atomic E-state index is 10.9. The molecule has 0 spiro atoms. The summed E-state index contributed by atoms with van der Waals surface area (Å²) in [6, 6.07) is 5.38. The maximum absolute atomic E-state index is 10.9. The number of nitrogens with zero attached hydrogens (tertiary/aromatic N) is 1. The third-order valence-electron chi connectivity index (χ3n) is 3.70. The van der Waals surface area contributed by atoms with Crippen LogP contribution in [0, 0.1) is 10.1 Å². The van der Waals surface area contributed by atoms with E-state index in [9.17, 15) is 10.1 Å². The standard InChI is InChI=1S/C14H21N3O2/c15-13-9-8-12(10-14(13)17(18)19)16-11-6-4-2-1-3-5-7-11/h8-11,16H,1-7,15H2. The van der Waals surface area contributed by atoms with Gasteiger partial charge in [-0.3, -0.25) is 10.1 Å². The Hall–Kier alpha value is -1.78. The third-order valence-corrected chi connectivity index (χ3v) is 3.70. The minimum Gasteiger partial charge on any atom is -0.393 e. The van der Waals surface area contributed by atoms with E-state index >= 15 is 0 Å². The van der Waals surface area contributed by atoms with Crippen LogP contribution in [0.5, 0.6) is 0 Å². The zero-order valence-corrected chi connectivity index (χ0v) is 11.1. The number of nitro groups is 1. The summed E-state index contributed by atoms with van der Waals surface area (Å²) in [6.45, 7) is 0. The molecule has 0 radical (unpaired) electrons. The van der Waals surface area contributed by atoms with Crippen molar-refractivity contribution in [3.63, 3.8) is 0 Å². The maximum Gasteiger partial charge on any atom is 0.294 e. The molecular formula is C14H21N3O2. The van der Waals surface area contributed by atoms with E-state index in [1.165, 1.54) is 38.2 Å². The Kier molecular flexibility index (Phi) is 4.60. The van der Waals surface area contributed by atoms with Gasteiger partial charge in [0, 0.05) is 17.8 Å². The summed E-state index contributed by atoms with van der Waals surface area (Å²) in [7, 11) is 0. The molecule has 0 amide bonds. The number of nitrogen functional groups attached to an aromatic ring is 1. The van der Waals surface area contributed by atoms with Crippen LogP contribution in [0.25, 0.3) is 0 Å². The number of nitrogens with one attached hydrogen (secondary N) is 1. The minimum atomic E-state index is -0.432. The molecule has 3 N–H and O–H groups in total. The smallest absolute Gasteiger partial charge is 0.294 e. The zero-order chi connectivity index (χ0) is 13.7. The quantitative estimate of drug-likeness (QED) is 0.495. The molecule has 0 aliphatic heterocycles. The Labute approximate surface area is 113 Å². The first kappa shape index (κ1) is 13.6. The molecule has 0 heterocycles. The van der Waals surface area contributed by atoms with Crippen LogP contribution in [0.3, 0.4) is 0 Å². The molecule has 0 atom stereocenters. The number of rotatable bonds is 3. The van der Waals surface area contributed by atoms with Crippen LogP contribution >= 0.6 is 0 Å². The van der Waals surface area contributed by atoms with Crippen molar-refractivity contribution in [2.45, 2.75) is 51.0 Å². The minimum absolute atomic E-state index is 0.0177. The zero-order valence-electron chi connectivity index (χ0n) is 11.1. The highest BCUT2D eigenvalue weighted by atomic mass is 16.6. The second-order valence-electron chi connectivity index (χ2n) is 5.22. The van der Waals surface area contributed by atoms with Gasteiger partial charge in [-0.25, -0.2) is 0 Å². The molecule has 19 heavy (non-hydrogen) atoms. The first-order valence-corrected chi connectivity index (χ1v) is 6.97. The molecule has 1 aromatic carbocycles. The van der Waals surface area contributed by atoms with Crippen molar-refractivity contribution in [1.29, 1.82) is 0 Å². The van der Waals surface area contributed by atoms with E-state index in [1.54, 1.807) is 6.07 Å². The summed E-state index contributed by atoms with van der Waals surface area (Å²) in [5.41, 5.74) is 6.60. The van der Waals surface area contributed by atoms with E-state index < -0.39 is 4.92 Å². The lowest BCUT2D eigenvalue weighted by molar-refractivity contribution is -0.383. The lowest BCUT2D eigenvalue weighted by Crippen LogP contribution is -2.20. The molecular weight excluding hydrogens is 242 g/mol. The fraction of sp³-hybridized carbons (Fsp3) is 0.571. The van der Waals surface area contributed by atoms with Crippen LogP contribution in [0.4, 0.5) is 17.1 Å². The SMILES string of the molecule is Nc1ccc(NC2CCCCCCC2)cc1[N+](=O)[O-]. The van der Waals surface area contributed by atoms with Crippen molar-refractivity contribution in [1.82, 2.24) is 0 Å². The van der Waals surface area contributed by atoms with Crippen LogP contribution in [-0.4, -0.2) is 11.0 Å². The Morgan fingerprint density at radius 2 is 1.79 bits per heavy atom. The fourth-order valence-electron chi connectivity index (χ4n) is 2.63. The Balaban J connectivity index is 2.05. The van der Waals surface area contributed by atoms with Crippen molar-refractivity contribution in [2.75, 3.05) is 11.1 Å². The van der Waals surface area contributed by atoms with E-state index in [0.29, 0.717) is 6.04 Å². The lowest BCUT2D eigenvalue weighted by atomic mass is 9.96. The highest BCUT2D eigenvalue weighted by molar-refractivity contribution is 5.65. The van der Waals surface area contributed by atoms with Gasteiger partial charge >= 0.3 is 0 Å². The van der Waals surface area contributed by atoms with Crippen LogP contribution in [-0.2, 0) is 0 Å². The molecule has 1 aliphatic rings. The molecule has 0 bridgehead atoms. The van der Waals surface area contributed by atoms with Gasteiger partial charge in [-0.2, -0.15) is 0 Å². The van der Waals surface area contributed by atoms with Crippen molar-refractivity contribution in [3.05, 3.63) is 28.3 Å². The number of hydrogen-bond donors (Lipinski definition) is 2. The van der Waals surface area contributed by atoms with Gasteiger partial charge in [-0.15, -0.1) is 0 Å². The van der Waals surface area contributed by atoms with Crippen molar-refractivity contribution in [2.24, 2.45) is 0 Å². The highest BCUT2D eigenvalue weighted by Crippen LogP contribution is 2.27. The summed E-state index contributed by atoms with van der Waals surface area (Å²) in [5, 5.41) is 14.3. The van der Waals surface area contributed by atoms with E-state index in [-0.39, 0.29) is 11.4 Å². The molecule has 0 saturated heterocycles. The van der Waals surface area contributed by atoms with Gasteiger partial charge in [0.25, 0.3) is 5.69 Å². The number of nitrogens with two attached hydrogens (primary N) is 1. The predicted molar refractivity (Wildman–Crippen MR) is 77.2 cm³/mol. The summed E-state index contributed by atoms with van der Waals surface area (Å²) in [5.74, 6) is 0. The van der Waals surface area contributed by atoms with Crippen LogP contribution in [0.2, 0.25) is 0 Å². The monoisotopic (exact) mass is 263 g/mol. The van der Waals surface area contributed by atoms with Gasteiger partial charge in [0.2, 0.25) is 0 Å². The van der Waals surface area contributed by atoms with E-state index in [1.807, 2.05) is 6.07 Å². The second kappa shape index (κ2) is 6.41. The lowest BCUT2D eigenvalue weighted by Gasteiger charge is -2.22. The first-order valence-electron chi connectivity index (χ1n) is 6.97. The second-order valence-corrected chi connectivity index (χ2v) is 5.22. The molecule has 0 unspecified atom stereocenters. The molecule has 0 aromatic heterocycles. The summed E-state index contributed by atoms with van der Waals surface area (Å²) in [6.07, 6.45) is 8.65. The number of nitro benzene ring substituents is 1. The van der Waals surface area contributed by atoms with Crippen LogP contribution in [0.15, 0.2) is 18.2 Å². The highest BCUT2D eigenvalue weighted by Gasteiger charge is 2.15. The molecule has 1 aromatic rings. The normalized spacial score (nSPS) is 17.5. The van der Waals surface area contributed by atoms with Gasteiger partial charge in [-0.05, 0) is 25.0 Å². The molecule has 1 fully saturated rings. The average Bonchev–Trinajstić information content (AvgIpc) is 2.34. The molecule has 2 rings (SSSR count). The largest absolute Gasteiger partial charge is 0.393 e. The molecule has 5 nitrogen and oxygen atoms in total. The molecule has 5 heteroatoms. The summed E-state index contributed by atoms with van der Waals surface area (Å²) in [4.78, 5) is 10.4. The van der Waals surface area contributed by atoms with Crippen molar-refractivity contribution < 1.29 is 4.92 Å². The van der Waals surface area contributed by atoms with E-state index in [4.69, 9.17) is 5.73 Å². The fourth-order valence-corrected chi connectivity index (χ4v) is 2.63. The van der Waals surface area contributed by atoms with Gasteiger partial charge < -0.3 is 11.1 Å². The van der Waals surface area contributed by atoms with Gasteiger partial charge in [0.1, 0.15) is 5.69 Å². The molecule has 1 saturated carbocycles. The Morgan fingerprint density at radius 1 is 1.16 bits per heavy atom. The topological polar surface area (TPSA) is 81.2 Å². The van der Waals surface area contributed by atoms with Crippen molar-refractivity contribution >= 4 is 17.1 Å². The third kappa shape index (κ3) is 3.84. The van der Waals surface area contributed by atoms with Crippen LogP contribution < -0.4 is 11.1 Å². The Morgan fingerprint density at radius 3 is 2.42 bits per heavy atom. The molecule has 104 valence electrons. The summed E-state index contributed by atoms with van der Waals surface area (Å²) >= 11 is 0. The summed E-state index contributed by atoms with van der Waals surface area (Å²) < 4.78 is 0. The van der Waals surface area contributed by atoms with Gasteiger partial charge in [0.15, 0.2) is 0 Å². The Bertz CT molecular complexity index is 440. The number of anilines is 2. The van der Waals surface area contributed by atoms with Gasteiger partial charge in [-0.1, -0.05) is 32.1 Å². The van der Waals surface area contributed by atoms with E-state index in [2.05, 4.69) is 5.32 Å². The van der Waals surface area contributed by atoms with E-state index in [0.717, 1.165) is 18.5 Å². The van der Waals surface area contributed by atoms with Crippen LogP contribution in [0.1, 0.15) is 44.9 Å². The number of hydrogen-bond acceptors (Lipinski definition) is 4. The number of benzene rings is 1. The first-order chi connectivity index (χ1) is 9.16. The average molecular weight is 263 g/mol.